The summed E-state index contributed by atoms with van der Waals surface area (Å²) in [5, 5.41) is 7.70. The number of anilines is 3. The van der Waals surface area contributed by atoms with Crippen LogP contribution in [0.2, 0.25) is 0 Å². The molecule has 2 aliphatic carbocycles. The van der Waals surface area contributed by atoms with Crippen LogP contribution in [0.3, 0.4) is 0 Å². The van der Waals surface area contributed by atoms with Crippen LogP contribution in [-0.2, 0) is 0 Å². The lowest BCUT2D eigenvalue weighted by Crippen LogP contribution is -2.12. The zero-order chi connectivity index (χ0) is 27.6. The van der Waals surface area contributed by atoms with Crippen molar-refractivity contribution in [1.29, 1.82) is 0 Å². The van der Waals surface area contributed by atoms with Gasteiger partial charge in [-0.2, -0.15) is 0 Å². The van der Waals surface area contributed by atoms with Gasteiger partial charge in [-0.3, -0.25) is 0 Å². The first-order valence-electron chi connectivity index (χ1n) is 15.3. The summed E-state index contributed by atoms with van der Waals surface area (Å²) in [5.74, 6) is 1.43. The van der Waals surface area contributed by atoms with Crippen LogP contribution in [0.1, 0.15) is 42.2 Å². The summed E-state index contributed by atoms with van der Waals surface area (Å²) in [5.41, 5.74) is 9.64. The molecular weight excluding hydrogens is 506 g/mol. The summed E-state index contributed by atoms with van der Waals surface area (Å²) in [7, 11) is 0. The van der Waals surface area contributed by atoms with Crippen LogP contribution >= 0.6 is 0 Å². The first-order chi connectivity index (χ1) is 20.9. The summed E-state index contributed by atoms with van der Waals surface area (Å²) < 4.78 is 0. The highest BCUT2D eigenvalue weighted by molar-refractivity contribution is 6.23. The highest BCUT2D eigenvalue weighted by Crippen LogP contribution is 2.57. The van der Waals surface area contributed by atoms with E-state index in [1.807, 2.05) is 0 Å². The van der Waals surface area contributed by atoms with Crippen LogP contribution in [-0.4, -0.2) is 0 Å². The molecule has 42 heavy (non-hydrogen) atoms. The number of benzene rings is 7. The standard InChI is InChI=1S/C41H31N/c1-2-14-30(15-3-1)42(38-23-10-13-27-12-4-5-16-31(27)38)41-35-19-8-6-17-33(35)40(34-18-7-9-20-36(34)41)37-22-11-21-32-28-24-25-29(26-28)39(32)37/h1-23,28-29H,24-26H2. The Morgan fingerprint density at radius 3 is 1.83 bits per heavy atom. The fourth-order valence-corrected chi connectivity index (χ4v) is 8.14. The van der Waals surface area contributed by atoms with Gasteiger partial charge < -0.3 is 4.90 Å². The van der Waals surface area contributed by atoms with Gasteiger partial charge in [0.25, 0.3) is 0 Å². The molecule has 1 saturated carbocycles. The third-order valence-electron chi connectivity index (χ3n) is 9.84. The van der Waals surface area contributed by atoms with Crippen LogP contribution < -0.4 is 4.90 Å². The van der Waals surface area contributed by atoms with E-state index < -0.39 is 0 Å². The fraction of sp³-hybridized carbons (Fsp3) is 0.122. The number of hydrogen-bond donors (Lipinski definition) is 0. The van der Waals surface area contributed by atoms with Crippen molar-refractivity contribution in [3.8, 4) is 11.1 Å². The quantitative estimate of drug-likeness (QED) is 0.202. The summed E-state index contributed by atoms with van der Waals surface area (Å²) in [4.78, 5) is 2.49. The van der Waals surface area contributed by atoms with E-state index in [4.69, 9.17) is 0 Å². The van der Waals surface area contributed by atoms with Crippen molar-refractivity contribution in [2.24, 2.45) is 0 Å². The molecule has 9 rings (SSSR count). The predicted octanol–water partition coefficient (Wildman–Crippen LogP) is 11.6. The summed E-state index contributed by atoms with van der Waals surface area (Å²) >= 11 is 0. The Hall–Kier alpha value is -4.88. The molecule has 0 heterocycles. The van der Waals surface area contributed by atoms with Gasteiger partial charge in [-0.25, -0.2) is 0 Å². The highest BCUT2D eigenvalue weighted by atomic mass is 15.1. The lowest BCUT2D eigenvalue weighted by atomic mass is 9.82. The second-order valence-corrected chi connectivity index (χ2v) is 12.0. The molecule has 0 aromatic heterocycles. The second kappa shape index (κ2) is 9.33. The maximum absolute atomic E-state index is 2.49. The van der Waals surface area contributed by atoms with Crippen LogP contribution in [0, 0.1) is 0 Å². The minimum Gasteiger partial charge on any atom is -0.309 e. The molecule has 0 aliphatic heterocycles. The molecule has 7 aromatic carbocycles. The summed E-state index contributed by atoms with van der Waals surface area (Å²) in [6.07, 6.45) is 3.99. The van der Waals surface area contributed by atoms with Crippen molar-refractivity contribution >= 4 is 49.4 Å². The normalized spacial score (nSPS) is 17.2. The van der Waals surface area contributed by atoms with E-state index in [1.54, 1.807) is 11.1 Å². The molecule has 0 N–H and O–H groups in total. The van der Waals surface area contributed by atoms with Crippen molar-refractivity contribution < 1.29 is 0 Å². The highest BCUT2D eigenvalue weighted by Gasteiger charge is 2.39. The van der Waals surface area contributed by atoms with E-state index in [1.165, 1.54) is 74.1 Å². The molecule has 0 saturated heterocycles. The monoisotopic (exact) mass is 537 g/mol. The molecule has 1 nitrogen and oxygen atoms in total. The lowest BCUT2D eigenvalue weighted by Gasteiger charge is -2.31. The Morgan fingerprint density at radius 1 is 0.476 bits per heavy atom. The zero-order valence-corrected chi connectivity index (χ0v) is 23.5. The van der Waals surface area contributed by atoms with Gasteiger partial charge in [0.15, 0.2) is 0 Å². The van der Waals surface area contributed by atoms with Crippen molar-refractivity contribution in [3.05, 3.63) is 151 Å². The van der Waals surface area contributed by atoms with Gasteiger partial charge in [-0.1, -0.05) is 121 Å². The molecule has 1 fully saturated rings. The van der Waals surface area contributed by atoms with Crippen LogP contribution in [0.25, 0.3) is 43.4 Å². The van der Waals surface area contributed by atoms with E-state index >= 15 is 0 Å². The van der Waals surface area contributed by atoms with Gasteiger partial charge in [0.2, 0.25) is 0 Å². The molecule has 2 aliphatic rings. The largest absolute Gasteiger partial charge is 0.309 e. The van der Waals surface area contributed by atoms with Gasteiger partial charge in [0.05, 0.1) is 11.4 Å². The van der Waals surface area contributed by atoms with Crippen molar-refractivity contribution in [3.63, 3.8) is 0 Å². The molecule has 1 heteroatoms. The number of para-hydroxylation sites is 1. The average Bonchev–Trinajstić information content (AvgIpc) is 3.69. The van der Waals surface area contributed by atoms with Gasteiger partial charge in [-0.15, -0.1) is 0 Å². The molecular formula is C41H31N. The number of nitrogens with zero attached hydrogens (tertiary/aromatic N) is 1. The van der Waals surface area contributed by atoms with Crippen molar-refractivity contribution in [1.82, 2.24) is 0 Å². The second-order valence-electron chi connectivity index (χ2n) is 12.0. The lowest BCUT2D eigenvalue weighted by molar-refractivity contribution is 0.719. The van der Waals surface area contributed by atoms with Crippen LogP contribution in [0.4, 0.5) is 17.1 Å². The molecule has 2 atom stereocenters. The topological polar surface area (TPSA) is 3.24 Å². The van der Waals surface area contributed by atoms with Gasteiger partial charge >= 0.3 is 0 Å². The van der Waals surface area contributed by atoms with Crippen LogP contribution in [0.5, 0.6) is 0 Å². The van der Waals surface area contributed by atoms with E-state index in [2.05, 4.69) is 144 Å². The minimum absolute atomic E-state index is 0.690. The summed E-state index contributed by atoms with van der Waals surface area (Å²) in [6.45, 7) is 0. The van der Waals surface area contributed by atoms with Crippen molar-refractivity contribution in [2.75, 3.05) is 4.90 Å². The maximum Gasteiger partial charge on any atom is 0.0619 e. The SMILES string of the molecule is c1ccc(N(c2cccc3ccccc23)c2c3ccccc3c(-c3cccc4c3C3CCC4C3)c3ccccc23)cc1. The molecule has 200 valence electrons. The zero-order valence-electron chi connectivity index (χ0n) is 23.5. The first-order valence-corrected chi connectivity index (χ1v) is 15.3. The molecule has 2 bridgehead atoms. The molecule has 0 radical (unpaired) electrons. The predicted molar refractivity (Wildman–Crippen MR) is 178 cm³/mol. The maximum atomic E-state index is 2.49. The van der Waals surface area contributed by atoms with Gasteiger partial charge in [0, 0.05) is 21.8 Å². The van der Waals surface area contributed by atoms with Crippen molar-refractivity contribution in [2.45, 2.75) is 31.1 Å². The van der Waals surface area contributed by atoms with E-state index in [9.17, 15) is 0 Å². The Labute approximate surface area is 246 Å². The minimum atomic E-state index is 0.690. The van der Waals surface area contributed by atoms with Gasteiger partial charge in [0.1, 0.15) is 0 Å². The van der Waals surface area contributed by atoms with E-state index in [0.717, 1.165) is 11.6 Å². The molecule has 7 aromatic rings. The third kappa shape index (κ3) is 3.43. The number of rotatable bonds is 4. The van der Waals surface area contributed by atoms with E-state index in [-0.39, 0.29) is 0 Å². The fourth-order valence-electron chi connectivity index (χ4n) is 8.14. The molecule has 0 spiro atoms. The molecule has 0 amide bonds. The summed E-state index contributed by atoms with van der Waals surface area (Å²) in [6, 6.07) is 51.6. The number of fused-ring (bicyclic) bond motifs is 8. The average molecular weight is 538 g/mol. The first kappa shape index (κ1) is 23.8. The number of hydrogen-bond acceptors (Lipinski definition) is 1. The van der Waals surface area contributed by atoms with Crippen LogP contribution in [0.15, 0.2) is 140 Å². The Kier molecular flexibility index (Phi) is 5.28. The smallest absolute Gasteiger partial charge is 0.0619 e. The third-order valence-corrected chi connectivity index (χ3v) is 9.84. The Morgan fingerprint density at radius 2 is 1.07 bits per heavy atom. The Bertz CT molecular complexity index is 2080. The van der Waals surface area contributed by atoms with Gasteiger partial charge in [-0.05, 0) is 87.7 Å². The van der Waals surface area contributed by atoms with E-state index in [0.29, 0.717) is 5.92 Å². The molecule has 2 unspecified atom stereocenters. The Balaban J connectivity index is 1.42.